The number of hydrogen-bond acceptors (Lipinski definition) is 5. The lowest BCUT2D eigenvalue weighted by atomic mass is 10.1. The largest absolute Gasteiger partial charge is 0.360 e. The predicted molar refractivity (Wildman–Crippen MR) is 91.1 cm³/mol. The first-order valence-corrected chi connectivity index (χ1v) is 7.73. The van der Waals surface area contributed by atoms with Gasteiger partial charge in [0.1, 0.15) is 5.76 Å². The molecule has 128 valence electrons. The Hall–Kier alpha value is -2.67. The van der Waals surface area contributed by atoms with Crippen LogP contribution >= 0.6 is 0 Å². The average Bonchev–Trinajstić information content (AvgIpc) is 2.96. The highest BCUT2D eigenvalue weighted by molar-refractivity contribution is 6.05. The lowest BCUT2D eigenvalue weighted by molar-refractivity contribution is 0.0952. The second kappa shape index (κ2) is 8.26. The normalized spacial score (nSPS) is 10.7. The van der Waals surface area contributed by atoms with Crippen molar-refractivity contribution in [3.8, 4) is 0 Å². The Kier molecular flexibility index (Phi) is 6.08. The minimum absolute atomic E-state index is 0.194. The van der Waals surface area contributed by atoms with Crippen molar-refractivity contribution in [2.75, 3.05) is 32.5 Å². The second-order valence-corrected chi connectivity index (χ2v) is 5.77. The van der Waals surface area contributed by atoms with Crippen molar-refractivity contribution in [2.24, 2.45) is 0 Å². The van der Waals surface area contributed by atoms with Crippen molar-refractivity contribution in [1.82, 2.24) is 15.4 Å². The van der Waals surface area contributed by atoms with Gasteiger partial charge in [0.25, 0.3) is 11.8 Å². The molecule has 2 N–H and O–H groups in total. The number of carbonyl (C=O) groups is 2. The Morgan fingerprint density at radius 1 is 1.17 bits per heavy atom. The molecule has 1 heterocycles. The third-order valence-corrected chi connectivity index (χ3v) is 3.32. The van der Waals surface area contributed by atoms with E-state index < -0.39 is 0 Å². The number of anilines is 1. The molecule has 0 aliphatic heterocycles. The van der Waals surface area contributed by atoms with E-state index in [1.165, 1.54) is 0 Å². The summed E-state index contributed by atoms with van der Waals surface area (Å²) in [6.45, 7) is 3.23. The average molecular weight is 330 g/mol. The molecule has 0 saturated carbocycles. The van der Waals surface area contributed by atoms with E-state index >= 15 is 0 Å². The van der Waals surface area contributed by atoms with E-state index in [9.17, 15) is 9.59 Å². The van der Waals surface area contributed by atoms with Crippen LogP contribution in [-0.2, 0) is 0 Å². The van der Waals surface area contributed by atoms with Gasteiger partial charge in [-0.3, -0.25) is 9.59 Å². The third kappa shape index (κ3) is 5.20. The maximum absolute atomic E-state index is 12.2. The maximum atomic E-state index is 12.2. The summed E-state index contributed by atoms with van der Waals surface area (Å²) in [4.78, 5) is 26.4. The zero-order valence-electron chi connectivity index (χ0n) is 14.1. The number of rotatable bonds is 7. The smallest absolute Gasteiger partial charge is 0.256 e. The summed E-state index contributed by atoms with van der Waals surface area (Å²) in [5.74, 6) is 0.415. The molecule has 7 heteroatoms. The predicted octanol–water partition coefficient (Wildman–Crippen LogP) is 1.92. The van der Waals surface area contributed by atoms with Crippen molar-refractivity contribution in [1.29, 1.82) is 0 Å². The molecule has 0 saturated heterocycles. The van der Waals surface area contributed by atoms with Gasteiger partial charge in [-0.25, -0.2) is 0 Å². The quantitative estimate of drug-likeness (QED) is 0.757. The molecule has 0 atom stereocenters. The van der Waals surface area contributed by atoms with Gasteiger partial charge in [0.05, 0.1) is 0 Å². The number of aryl methyl sites for hydroxylation is 1. The van der Waals surface area contributed by atoms with Crippen LogP contribution in [0.25, 0.3) is 0 Å². The van der Waals surface area contributed by atoms with Gasteiger partial charge >= 0.3 is 0 Å². The van der Waals surface area contributed by atoms with E-state index in [1.807, 2.05) is 14.1 Å². The number of aromatic nitrogens is 1. The molecule has 0 fully saturated rings. The minimum atomic E-state index is -0.342. The number of benzene rings is 1. The molecule has 1 aromatic carbocycles. The molecular weight excluding hydrogens is 308 g/mol. The summed E-state index contributed by atoms with van der Waals surface area (Å²) in [5.41, 5.74) is 0.834. The molecule has 24 heavy (non-hydrogen) atoms. The Morgan fingerprint density at radius 2 is 1.88 bits per heavy atom. The minimum Gasteiger partial charge on any atom is -0.360 e. The molecule has 7 nitrogen and oxygen atoms in total. The first kappa shape index (κ1) is 17.7. The topological polar surface area (TPSA) is 87.5 Å². The van der Waals surface area contributed by atoms with Crippen molar-refractivity contribution in [3.05, 3.63) is 47.2 Å². The fraction of sp³-hybridized carbons (Fsp3) is 0.353. The number of amides is 2. The van der Waals surface area contributed by atoms with Gasteiger partial charge in [-0.2, -0.15) is 0 Å². The van der Waals surface area contributed by atoms with E-state index in [1.54, 1.807) is 37.3 Å². The Labute approximate surface area is 141 Å². The van der Waals surface area contributed by atoms with Gasteiger partial charge in [-0.05, 0) is 52.2 Å². The highest BCUT2D eigenvalue weighted by Gasteiger charge is 2.12. The van der Waals surface area contributed by atoms with Crippen LogP contribution in [0.15, 0.2) is 34.9 Å². The number of nitrogens with one attached hydrogen (secondary N) is 2. The molecule has 0 unspecified atom stereocenters. The second-order valence-electron chi connectivity index (χ2n) is 5.77. The van der Waals surface area contributed by atoms with Crippen molar-refractivity contribution in [3.63, 3.8) is 0 Å². The summed E-state index contributed by atoms with van der Waals surface area (Å²) in [5, 5.41) is 9.19. The molecule has 1 aromatic heterocycles. The summed E-state index contributed by atoms with van der Waals surface area (Å²) in [7, 11) is 3.97. The molecule has 0 aliphatic rings. The van der Waals surface area contributed by atoms with E-state index in [0.717, 1.165) is 13.0 Å². The van der Waals surface area contributed by atoms with Gasteiger partial charge in [0, 0.05) is 23.7 Å². The highest BCUT2D eigenvalue weighted by atomic mass is 16.5. The fourth-order valence-electron chi connectivity index (χ4n) is 2.11. The number of nitrogens with zero attached hydrogens (tertiary/aromatic N) is 2. The summed E-state index contributed by atoms with van der Waals surface area (Å²) >= 11 is 0. The SMILES string of the molecule is Cc1cc(NC(=O)c2cccc(C(=O)NCCCN(C)C)c2)no1. The van der Waals surface area contributed by atoms with Crippen LogP contribution in [0.5, 0.6) is 0 Å². The zero-order chi connectivity index (χ0) is 17.5. The van der Waals surface area contributed by atoms with E-state index in [2.05, 4.69) is 20.7 Å². The standard InChI is InChI=1S/C17H22N4O3/c1-12-10-15(20-24-12)19-17(23)14-7-4-6-13(11-14)16(22)18-8-5-9-21(2)3/h4,6-7,10-11H,5,8-9H2,1-3H3,(H,18,22)(H,19,20,23). The van der Waals surface area contributed by atoms with Crippen LogP contribution < -0.4 is 10.6 Å². The van der Waals surface area contributed by atoms with Crippen LogP contribution in [-0.4, -0.2) is 49.1 Å². The molecule has 2 amide bonds. The molecule has 0 bridgehead atoms. The Bertz CT molecular complexity index is 709. The lowest BCUT2D eigenvalue weighted by Crippen LogP contribution is -2.27. The maximum Gasteiger partial charge on any atom is 0.256 e. The van der Waals surface area contributed by atoms with Crippen molar-refractivity contribution < 1.29 is 14.1 Å². The van der Waals surface area contributed by atoms with Crippen LogP contribution in [0.3, 0.4) is 0 Å². The molecule has 2 rings (SSSR count). The molecule has 0 radical (unpaired) electrons. The van der Waals surface area contributed by atoms with E-state index in [-0.39, 0.29) is 11.8 Å². The van der Waals surface area contributed by atoms with Crippen LogP contribution in [0.2, 0.25) is 0 Å². The monoisotopic (exact) mass is 330 g/mol. The van der Waals surface area contributed by atoms with Gasteiger partial charge in [0.15, 0.2) is 5.82 Å². The van der Waals surface area contributed by atoms with Crippen molar-refractivity contribution >= 4 is 17.6 Å². The molecule has 2 aromatic rings. The summed E-state index contributed by atoms with van der Waals surface area (Å²) in [6, 6.07) is 8.18. The number of carbonyl (C=O) groups excluding carboxylic acids is 2. The Morgan fingerprint density at radius 3 is 2.50 bits per heavy atom. The number of hydrogen-bond donors (Lipinski definition) is 2. The van der Waals surface area contributed by atoms with Crippen LogP contribution in [0.1, 0.15) is 32.9 Å². The fourth-order valence-corrected chi connectivity index (χ4v) is 2.11. The van der Waals surface area contributed by atoms with E-state index in [4.69, 9.17) is 4.52 Å². The van der Waals surface area contributed by atoms with Crippen molar-refractivity contribution in [2.45, 2.75) is 13.3 Å². The van der Waals surface area contributed by atoms with Gasteiger partial charge in [-0.15, -0.1) is 0 Å². The van der Waals surface area contributed by atoms with Crippen LogP contribution in [0, 0.1) is 6.92 Å². The summed E-state index contributed by atoms with van der Waals surface area (Å²) < 4.78 is 4.90. The zero-order valence-corrected chi connectivity index (χ0v) is 14.1. The first-order chi connectivity index (χ1) is 11.5. The van der Waals surface area contributed by atoms with Gasteiger partial charge in [0.2, 0.25) is 0 Å². The summed E-state index contributed by atoms with van der Waals surface area (Å²) in [6.07, 6.45) is 0.866. The van der Waals surface area contributed by atoms with Crippen LogP contribution in [0.4, 0.5) is 5.82 Å². The molecule has 0 spiro atoms. The van der Waals surface area contributed by atoms with Gasteiger partial charge < -0.3 is 20.1 Å². The lowest BCUT2D eigenvalue weighted by Gasteiger charge is -2.10. The first-order valence-electron chi connectivity index (χ1n) is 7.73. The Balaban J connectivity index is 1.94. The van der Waals surface area contributed by atoms with Gasteiger partial charge in [-0.1, -0.05) is 11.2 Å². The third-order valence-electron chi connectivity index (χ3n) is 3.32. The molecule has 0 aliphatic carbocycles. The highest BCUT2D eigenvalue weighted by Crippen LogP contribution is 2.11. The van der Waals surface area contributed by atoms with E-state index in [0.29, 0.717) is 29.2 Å². The molecular formula is C17H22N4O3.